The maximum atomic E-state index is 13.3. The average molecular weight is 348 g/mol. The van der Waals surface area contributed by atoms with Gasteiger partial charge in [-0.3, -0.25) is 9.59 Å². The van der Waals surface area contributed by atoms with Crippen molar-refractivity contribution in [3.63, 3.8) is 0 Å². The van der Waals surface area contributed by atoms with E-state index in [9.17, 15) is 19.8 Å². The van der Waals surface area contributed by atoms with Gasteiger partial charge in [-0.1, -0.05) is 13.8 Å². The molecule has 4 rings (SSSR count). The van der Waals surface area contributed by atoms with Gasteiger partial charge in [0, 0.05) is 18.3 Å². The maximum Gasteiger partial charge on any atom is 0.161 e. The molecule has 0 aromatic heterocycles. The van der Waals surface area contributed by atoms with Crippen LogP contribution in [-0.2, 0) is 9.59 Å². The number of carbonyl (C=O) groups excluding carboxylic acids is 2. The van der Waals surface area contributed by atoms with Gasteiger partial charge in [-0.15, -0.1) is 0 Å². The quantitative estimate of drug-likeness (QED) is 0.805. The number of fused-ring (bicyclic) bond motifs is 5. The Morgan fingerprint density at radius 2 is 1.88 bits per heavy atom. The molecule has 0 aliphatic heterocycles. The smallest absolute Gasteiger partial charge is 0.161 e. The molecule has 140 valence electrons. The second-order valence-electron chi connectivity index (χ2n) is 9.86. The molecule has 0 aromatic rings. The molecule has 4 saturated carbocycles. The number of ketones is 2. The average Bonchev–Trinajstić information content (AvgIpc) is 2.91. The zero-order chi connectivity index (χ0) is 18.0. The predicted molar refractivity (Wildman–Crippen MR) is 93.7 cm³/mol. The van der Waals surface area contributed by atoms with Crippen LogP contribution in [0.3, 0.4) is 0 Å². The largest absolute Gasteiger partial charge is 0.393 e. The number of aliphatic hydroxyl groups excluding tert-OH is 2. The first-order chi connectivity index (χ1) is 11.8. The summed E-state index contributed by atoms with van der Waals surface area (Å²) >= 11 is 0. The third-order valence-electron chi connectivity index (χ3n) is 8.87. The van der Waals surface area contributed by atoms with Crippen LogP contribution in [0.2, 0.25) is 0 Å². The van der Waals surface area contributed by atoms with Gasteiger partial charge < -0.3 is 10.2 Å². The standard InChI is InChI=1S/C21H32O4/c1-20-8-7-13(23)9-12(20)3-4-14-15-5-6-16(18(25)11-22)21(15,2)10-17(24)19(14)20/h12-16,19,22-23H,3-11H2,1-2H3/t12-,13+,14+,15-,16+,19+,20+,21-/m0/s1. The van der Waals surface area contributed by atoms with Crippen molar-refractivity contribution in [3.05, 3.63) is 0 Å². The van der Waals surface area contributed by atoms with Crippen LogP contribution in [0.1, 0.15) is 65.2 Å². The molecule has 4 fully saturated rings. The Bertz CT molecular complexity index is 586. The van der Waals surface area contributed by atoms with E-state index in [0.717, 1.165) is 44.9 Å². The first-order valence-electron chi connectivity index (χ1n) is 10.2. The van der Waals surface area contributed by atoms with Crippen molar-refractivity contribution in [1.29, 1.82) is 0 Å². The molecule has 0 saturated heterocycles. The maximum absolute atomic E-state index is 13.3. The molecule has 4 aliphatic carbocycles. The van der Waals surface area contributed by atoms with Crippen molar-refractivity contribution in [2.75, 3.05) is 6.61 Å². The summed E-state index contributed by atoms with van der Waals surface area (Å²) in [5, 5.41) is 19.5. The van der Waals surface area contributed by atoms with Crippen LogP contribution in [0.4, 0.5) is 0 Å². The number of rotatable bonds is 2. The third-order valence-corrected chi connectivity index (χ3v) is 8.87. The summed E-state index contributed by atoms with van der Waals surface area (Å²) in [7, 11) is 0. The zero-order valence-corrected chi connectivity index (χ0v) is 15.5. The minimum absolute atomic E-state index is 0.0274. The molecular formula is C21H32O4. The molecule has 0 unspecified atom stereocenters. The van der Waals surface area contributed by atoms with Gasteiger partial charge in [-0.05, 0) is 73.5 Å². The summed E-state index contributed by atoms with van der Waals surface area (Å²) in [6.07, 6.45) is 6.93. The summed E-state index contributed by atoms with van der Waals surface area (Å²) < 4.78 is 0. The number of aliphatic hydroxyl groups is 2. The van der Waals surface area contributed by atoms with Crippen molar-refractivity contribution < 1.29 is 19.8 Å². The Balaban J connectivity index is 1.66. The number of carbonyl (C=O) groups is 2. The van der Waals surface area contributed by atoms with E-state index in [1.54, 1.807) is 0 Å². The van der Waals surface area contributed by atoms with E-state index >= 15 is 0 Å². The van der Waals surface area contributed by atoms with E-state index in [1.807, 2.05) is 0 Å². The summed E-state index contributed by atoms with van der Waals surface area (Å²) in [6, 6.07) is 0. The number of hydrogen-bond donors (Lipinski definition) is 2. The molecule has 4 nitrogen and oxygen atoms in total. The lowest BCUT2D eigenvalue weighted by Crippen LogP contribution is -2.58. The van der Waals surface area contributed by atoms with Gasteiger partial charge in [0.1, 0.15) is 12.4 Å². The lowest BCUT2D eigenvalue weighted by molar-refractivity contribution is -0.162. The molecule has 8 atom stereocenters. The molecule has 4 aliphatic rings. The van der Waals surface area contributed by atoms with Crippen LogP contribution in [0.5, 0.6) is 0 Å². The topological polar surface area (TPSA) is 74.6 Å². The van der Waals surface area contributed by atoms with Crippen LogP contribution in [0.15, 0.2) is 0 Å². The Labute approximate surface area is 150 Å². The lowest BCUT2D eigenvalue weighted by atomic mass is 9.44. The second kappa shape index (κ2) is 5.88. The number of hydrogen-bond acceptors (Lipinski definition) is 4. The highest BCUT2D eigenvalue weighted by molar-refractivity contribution is 5.88. The monoisotopic (exact) mass is 348 g/mol. The zero-order valence-electron chi connectivity index (χ0n) is 15.5. The van der Waals surface area contributed by atoms with Crippen molar-refractivity contribution >= 4 is 11.6 Å². The predicted octanol–water partition coefficient (Wildman–Crippen LogP) is 2.75. The van der Waals surface area contributed by atoms with E-state index in [4.69, 9.17) is 0 Å². The van der Waals surface area contributed by atoms with E-state index in [-0.39, 0.29) is 34.6 Å². The van der Waals surface area contributed by atoms with E-state index in [2.05, 4.69) is 13.8 Å². The molecule has 0 amide bonds. The van der Waals surface area contributed by atoms with E-state index in [0.29, 0.717) is 30.0 Å². The lowest BCUT2D eigenvalue weighted by Gasteiger charge is -2.59. The Hall–Kier alpha value is -0.740. The minimum Gasteiger partial charge on any atom is -0.393 e. The third kappa shape index (κ3) is 2.39. The highest BCUT2D eigenvalue weighted by atomic mass is 16.3. The van der Waals surface area contributed by atoms with Crippen LogP contribution in [0.25, 0.3) is 0 Å². The number of Topliss-reactive ketones (excluding diaryl/α,β-unsaturated/α-hetero) is 2. The van der Waals surface area contributed by atoms with Gasteiger partial charge in [0.25, 0.3) is 0 Å². The molecular weight excluding hydrogens is 316 g/mol. The van der Waals surface area contributed by atoms with Crippen LogP contribution in [-0.4, -0.2) is 34.5 Å². The minimum atomic E-state index is -0.396. The summed E-state index contributed by atoms with van der Waals surface area (Å²) in [5.41, 5.74) is -0.227. The molecule has 0 heterocycles. The molecule has 0 bridgehead atoms. The Morgan fingerprint density at radius 1 is 1.12 bits per heavy atom. The van der Waals surface area contributed by atoms with Crippen molar-refractivity contribution in [1.82, 2.24) is 0 Å². The van der Waals surface area contributed by atoms with Gasteiger partial charge in [-0.2, -0.15) is 0 Å². The second-order valence-corrected chi connectivity index (χ2v) is 9.86. The molecule has 2 N–H and O–H groups in total. The van der Waals surface area contributed by atoms with Gasteiger partial charge >= 0.3 is 0 Å². The van der Waals surface area contributed by atoms with Gasteiger partial charge in [-0.25, -0.2) is 0 Å². The SMILES string of the molecule is C[C@]12CC(=O)[C@H]3[C@H](CC[C@H]4C[C@H](O)CC[C@]43C)[C@@H]1CC[C@@H]2C(=O)CO. The summed E-state index contributed by atoms with van der Waals surface area (Å²) in [6.45, 7) is 4.04. The molecule has 0 aromatic carbocycles. The van der Waals surface area contributed by atoms with Crippen LogP contribution in [0, 0.1) is 40.4 Å². The van der Waals surface area contributed by atoms with Gasteiger partial charge in [0.2, 0.25) is 0 Å². The van der Waals surface area contributed by atoms with E-state index in [1.165, 1.54) is 0 Å². The van der Waals surface area contributed by atoms with Crippen LogP contribution >= 0.6 is 0 Å². The summed E-state index contributed by atoms with van der Waals surface area (Å²) in [4.78, 5) is 25.6. The van der Waals surface area contributed by atoms with E-state index < -0.39 is 6.61 Å². The molecule has 0 spiro atoms. The fourth-order valence-corrected chi connectivity index (χ4v) is 7.69. The Morgan fingerprint density at radius 3 is 2.60 bits per heavy atom. The highest BCUT2D eigenvalue weighted by Crippen LogP contribution is 2.66. The fraction of sp³-hybridized carbons (Fsp3) is 0.905. The van der Waals surface area contributed by atoms with Crippen molar-refractivity contribution in [3.8, 4) is 0 Å². The Kier molecular flexibility index (Phi) is 4.16. The molecule has 0 radical (unpaired) electrons. The van der Waals surface area contributed by atoms with Crippen LogP contribution < -0.4 is 0 Å². The normalized spacial score (nSPS) is 52.2. The van der Waals surface area contributed by atoms with Gasteiger partial charge in [0.05, 0.1) is 6.10 Å². The first-order valence-corrected chi connectivity index (χ1v) is 10.2. The first kappa shape index (κ1) is 17.7. The molecule has 4 heteroatoms. The molecule has 25 heavy (non-hydrogen) atoms. The summed E-state index contributed by atoms with van der Waals surface area (Å²) in [5.74, 6) is 1.52. The van der Waals surface area contributed by atoms with Crippen molar-refractivity contribution in [2.45, 2.75) is 71.3 Å². The highest BCUT2D eigenvalue weighted by Gasteiger charge is 2.63. The van der Waals surface area contributed by atoms with Crippen molar-refractivity contribution in [2.24, 2.45) is 40.4 Å². The van der Waals surface area contributed by atoms with Gasteiger partial charge in [0.15, 0.2) is 5.78 Å². The fourth-order valence-electron chi connectivity index (χ4n) is 7.69.